The number of carbonyl (C=O) groups is 5. The fourth-order valence-corrected chi connectivity index (χ4v) is 11.7. The van der Waals surface area contributed by atoms with Gasteiger partial charge >= 0.3 is 24.1 Å². The van der Waals surface area contributed by atoms with Crippen LogP contribution < -0.4 is 0 Å². The van der Waals surface area contributed by atoms with E-state index < -0.39 is 94.2 Å². The third-order valence-electron chi connectivity index (χ3n) is 14.9. The Kier molecular flexibility index (Phi) is 15.1. The quantitative estimate of drug-likeness (QED) is 0.0475. The van der Waals surface area contributed by atoms with Gasteiger partial charge in [-0.15, -0.1) is 0 Å². The first-order valence-corrected chi connectivity index (χ1v) is 23.6. The molecule has 0 aromatic heterocycles. The minimum Gasteiger partial charge on any atom is -0.456 e. The van der Waals surface area contributed by atoms with E-state index in [9.17, 15) is 24.3 Å². The summed E-state index contributed by atoms with van der Waals surface area (Å²) in [5.41, 5.74) is -4.27. The largest absolute Gasteiger partial charge is 0.508 e. The summed E-state index contributed by atoms with van der Waals surface area (Å²) >= 11 is 0. The molecule has 2 saturated carbocycles. The number of carbonyl (C=O) groups excluding carboxylic acids is 5. The second-order valence-corrected chi connectivity index (χ2v) is 20.2. The number of hydrogen-bond donors (Lipinski definition) is 1. The zero-order valence-corrected chi connectivity index (χ0v) is 40.6. The van der Waals surface area contributed by atoms with Crippen molar-refractivity contribution < 1.29 is 67.0 Å². The summed E-state index contributed by atoms with van der Waals surface area (Å²) in [7, 11) is 0. The van der Waals surface area contributed by atoms with Gasteiger partial charge in [-0.1, -0.05) is 120 Å². The second kappa shape index (κ2) is 20.3. The number of ketones is 1. The van der Waals surface area contributed by atoms with Gasteiger partial charge in [-0.2, -0.15) is 0 Å². The van der Waals surface area contributed by atoms with Gasteiger partial charge < -0.3 is 43.0 Å². The lowest BCUT2D eigenvalue weighted by molar-refractivity contribution is -0.345. The van der Waals surface area contributed by atoms with Crippen LogP contribution in [0.2, 0.25) is 0 Å². The normalized spacial score (nSPS) is 30.2. The lowest BCUT2D eigenvalue weighted by Crippen LogP contribution is -2.81. The molecule has 1 saturated heterocycles. The van der Waals surface area contributed by atoms with Crippen LogP contribution in [0.3, 0.4) is 0 Å². The minimum atomic E-state index is -2.17. The van der Waals surface area contributed by atoms with Crippen LogP contribution in [0, 0.1) is 34.5 Å². The SMILES string of the molecule is CC(=O)O[C@@]12CO[C@@H]1C[C@H](OC(=O)OCc1ccccc1)[C@@]1(C)C(=O)[C@H](C)C3=C(C)[C@@H](OC(=O)C(OCOCc4ccccc4)[C@@H](C)CC(C)C)C[C@@](O)([C@@H](OC(=O)c4ccccc4)[C@H]21)C3(C)C. The summed E-state index contributed by atoms with van der Waals surface area (Å²) in [5.74, 6) is -5.21. The zero-order chi connectivity index (χ0) is 49.2. The number of Topliss-reactive ketones (excluding diaryl/α,β-unsaturated/α-hetero) is 1. The Morgan fingerprint density at radius 3 is 2.01 bits per heavy atom. The van der Waals surface area contributed by atoms with Crippen LogP contribution in [0.4, 0.5) is 4.79 Å². The first kappa shape index (κ1) is 50.5. The molecule has 3 aliphatic carbocycles. The standard InChI is InChI=1S/C54H66O14/c1-32(2)25-33(3)44(64-31-61-28-37-19-13-10-14-20-37)49(58)65-40-27-54(60)47(67-48(57)39-23-17-12-18-24-39)45-52(9,46(56)35(5)43(34(40)4)51(54,7)8)41(26-42-53(45,30-63-42)68-36(6)55)66-50(59)62-29-38-21-15-11-16-22-38/h10-24,32-33,35,40-42,44-45,47,60H,25-31H2,1-9H3/t33-,35+,40-,41-,42+,44?,45-,47-,52+,53-,54+/m0/s1. The first-order chi connectivity index (χ1) is 32.2. The van der Waals surface area contributed by atoms with E-state index in [2.05, 4.69) is 0 Å². The van der Waals surface area contributed by atoms with Gasteiger partial charge in [-0.25, -0.2) is 14.4 Å². The van der Waals surface area contributed by atoms with Crippen LogP contribution in [-0.4, -0.2) is 90.1 Å². The molecule has 2 bridgehead atoms. The molecular formula is C54H66O14. The number of rotatable bonds is 16. The van der Waals surface area contributed by atoms with Crippen molar-refractivity contribution in [2.75, 3.05) is 13.4 Å². The summed E-state index contributed by atoms with van der Waals surface area (Å²) in [5, 5.41) is 14.0. The molecule has 11 atom stereocenters. The number of aliphatic hydroxyl groups is 1. The Morgan fingerprint density at radius 1 is 0.838 bits per heavy atom. The van der Waals surface area contributed by atoms with Crippen LogP contribution in [0.5, 0.6) is 0 Å². The number of esters is 3. The molecule has 0 spiro atoms. The van der Waals surface area contributed by atoms with Crippen molar-refractivity contribution in [2.45, 2.75) is 137 Å². The first-order valence-electron chi connectivity index (χ1n) is 23.6. The topological polar surface area (TPSA) is 179 Å². The van der Waals surface area contributed by atoms with Crippen molar-refractivity contribution >= 4 is 29.8 Å². The molecule has 14 heteroatoms. The highest BCUT2D eigenvalue weighted by Crippen LogP contribution is 2.65. The second-order valence-electron chi connectivity index (χ2n) is 20.2. The van der Waals surface area contributed by atoms with Gasteiger partial charge in [0.2, 0.25) is 0 Å². The van der Waals surface area contributed by atoms with Gasteiger partial charge in [0, 0.05) is 31.1 Å². The smallest absolute Gasteiger partial charge is 0.456 e. The fraction of sp³-hybridized carbons (Fsp3) is 0.537. The van der Waals surface area contributed by atoms with Gasteiger partial charge in [-0.3, -0.25) is 9.59 Å². The van der Waals surface area contributed by atoms with Gasteiger partial charge in [0.15, 0.2) is 11.7 Å². The van der Waals surface area contributed by atoms with Crippen molar-refractivity contribution in [1.29, 1.82) is 0 Å². The van der Waals surface area contributed by atoms with E-state index in [1.807, 2.05) is 57.2 Å². The molecule has 1 aliphatic heterocycles. The highest BCUT2D eigenvalue weighted by Gasteiger charge is 2.78. The molecule has 0 amide bonds. The number of benzene rings is 3. The Morgan fingerprint density at radius 2 is 1.44 bits per heavy atom. The monoisotopic (exact) mass is 938 g/mol. The van der Waals surface area contributed by atoms with Crippen molar-refractivity contribution in [3.05, 3.63) is 119 Å². The highest BCUT2D eigenvalue weighted by molar-refractivity contribution is 5.92. The molecule has 0 radical (unpaired) electrons. The van der Waals surface area contributed by atoms with E-state index in [1.165, 1.54) is 6.92 Å². The predicted octanol–water partition coefficient (Wildman–Crippen LogP) is 8.51. The van der Waals surface area contributed by atoms with E-state index in [0.29, 0.717) is 23.1 Å². The van der Waals surface area contributed by atoms with Crippen LogP contribution in [-0.2, 0) is 65.5 Å². The molecule has 1 unspecified atom stereocenters. The molecule has 366 valence electrons. The van der Waals surface area contributed by atoms with E-state index in [0.717, 1.165) is 5.56 Å². The van der Waals surface area contributed by atoms with E-state index in [4.69, 9.17) is 37.9 Å². The number of fused-ring (bicyclic) bond motifs is 5. The molecule has 3 aromatic carbocycles. The van der Waals surface area contributed by atoms with Gasteiger partial charge in [-0.05, 0) is 66.5 Å². The number of hydrogen-bond acceptors (Lipinski definition) is 14. The van der Waals surface area contributed by atoms with Gasteiger partial charge in [0.1, 0.15) is 49.2 Å². The third-order valence-corrected chi connectivity index (χ3v) is 14.9. The van der Waals surface area contributed by atoms with Crippen LogP contribution in [0.25, 0.3) is 0 Å². The van der Waals surface area contributed by atoms with E-state index >= 15 is 4.79 Å². The lowest BCUT2D eigenvalue weighted by atomic mass is 9.43. The van der Waals surface area contributed by atoms with Crippen molar-refractivity contribution in [1.82, 2.24) is 0 Å². The average Bonchev–Trinajstić information content (AvgIpc) is 3.29. The molecule has 7 rings (SSSR count). The molecule has 1 heterocycles. The summed E-state index contributed by atoms with van der Waals surface area (Å²) < 4.78 is 49.3. The summed E-state index contributed by atoms with van der Waals surface area (Å²) in [6.07, 6.45) is -7.03. The zero-order valence-electron chi connectivity index (χ0n) is 40.6. The Bertz CT molecular complexity index is 2330. The summed E-state index contributed by atoms with van der Waals surface area (Å²) in [4.78, 5) is 72.1. The molecular weight excluding hydrogens is 873 g/mol. The average molecular weight is 939 g/mol. The van der Waals surface area contributed by atoms with Crippen LogP contribution in [0.1, 0.15) is 103 Å². The van der Waals surface area contributed by atoms with Crippen LogP contribution >= 0.6 is 0 Å². The van der Waals surface area contributed by atoms with Gasteiger partial charge in [0.05, 0.1) is 30.1 Å². The molecule has 3 aromatic rings. The molecule has 4 aliphatic rings. The molecule has 1 N–H and O–H groups in total. The Balaban J connectivity index is 1.33. The van der Waals surface area contributed by atoms with Crippen LogP contribution in [0.15, 0.2) is 102 Å². The molecule has 14 nitrogen and oxygen atoms in total. The maximum Gasteiger partial charge on any atom is 0.508 e. The predicted molar refractivity (Wildman–Crippen MR) is 247 cm³/mol. The van der Waals surface area contributed by atoms with Crippen molar-refractivity contribution in [2.24, 2.45) is 34.5 Å². The summed E-state index contributed by atoms with van der Waals surface area (Å²) in [6.45, 7) is 15.6. The maximum absolute atomic E-state index is 15.9. The minimum absolute atomic E-state index is 0.0936. The van der Waals surface area contributed by atoms with E-state index in [-0.39, 0.29) is 56.9 Å². The van der Waals surface area contributed by atoms with Crippen molar-refractivity contribution in [3.63, 3.8) is 0 Å². The maximum atomic E-state index is 15.9. The van der Waals surface area contributed by atoms with Crippen molar-refractivity contribution in [3.8, 4) is 0 Å². The number of ether oxygens (including phenoxy) is 8. The third kappa shape index (κ3) is 9.61. The van der Waals surface area contributed by atoms with E-state index in [1.54, 1.807) is 89.2 Å². The Labute approximate surface area is 398 Å². The summed E-state index contributed by atoms with van der Waals surface area (Å²) in [6, 6.07) is 26.8. The fourth-order valence-electron chi connectivity index (χ4n) is 11.7. The molecule has 68 heavy (non-hydrogen) atoms. The Hall–Kier alpha value is -5.41. The van der Waals surface area contributed by atoms with Gasteiger partial charge in [0.25, 0.3) is 0 Å². The highest BCUT2D eigenvalue weighted by atomic mass is 16.7. The molecule has 3 fully saturated rings. The lowest BCUT2D eigenvalue weighted by Gasteiger charge is -2.67.